The van der Waals surface area contributed by atoms with Crippen LogP contribution < -0.4 is 33.2 Å². The van der Waals surface area contributed by atoms with Gasteiger partial charge in [0.1, 0.15) is 18.1 Å². The lowest BCUT2D eigenvalue weighted by Gasteiger charge is -2.25. The number of aliphatic carboxylic acids is 2. The Kier molecular flexibility index (Phi) is 14.8. The van der Waals surface area contributed by atoms with E-state index in [1.54, 1.807) is 30.3 Å². The zero-order chi connectivity index (χ0) is 29.4. The Bertz CT molecular complexity index is 990. The molecule has 0 aromatic heterocycles. The first-order chi connectivity index (χ1) is 18.4. The molecule has 1 aromatic carbocycles. The summed E-state index contributed by atoms with van der Waals surface area (Å²) in [5.41, 5.74) is 17.0. The molecular weight excluding hydrogens is 512 g/mol. The highest BCUT2D eigenvalue weighted by molar-refractivity contribution is 5.94. The number of carboxylic acids is 2. The molecule has 1 aromatic rings. The maximum Gasteiger partial charge on any atom is 0.326 e. The first-order valence-corrected chi connectivity index (χ1v) is 12.6. The monoisotopic (exact) mass is 550 g/mol. The van der Waals surface area contributed by atoms with Crippen molar-refractivity contribution in [3.05, 3.63) is 35.9 Å². The molecule has 0 saturated carbocycles. The molecule has 0 aliphatic carbocycles. The highest BCUT2D eigenvalue weighted by atomic mass is 16.4. The number of hydrogen-bond donors (Lipinski definition) is 8. The summed E-state index contributed by atoms with van der Waals surface area (Å²) in [5.74, 6) is -5.57. The average molecular weight is 551 g/mol. The number of carbonyl (C=O) groups excluding carboxylic acids is 4. The summed E-state index contributed by atoms with van der Waals surface area (Å²) in [6.07, 6.45) is 0.0368. The van der Waals surface area contributed by atoms with E-state index in [4.69, 9.17) is 22.3 Å². The van der Waals surface area contributed by atoms with Crippen LogP contribution in [0.2, 0.25) is 0 Å². The number of primary amides is 1. The van der Waals surface area contributed by atoms with Gasteiger partial charge in [0.05, 0.1) is 6.04 Å². The molecule has 0 radical (unpaired) electrons. The molecule has 14 heteroatoms. The van der Waals surface area contributed by atoms with Gasteiger partial charge in [-0.2, -0.15) is 0 Å². The molecule has 0 spiro atoms. The van der Waals surface area contributed by atoms with Gasteiger partial charge in [-0.25, -0.2) is 4.79 Å². The molecule has 39 heavy (non-hydrogen) atoms. The van der Waals surface area contributed by atoms with Gasteiger partial charge in [0.15, 0.2) is 0 Å². The lowest BCUT2D eigenvalue weighted by Crippen LogP contribution is -2.57. The van der Waals surface area contributed by atoms with E-state index in [0.29, 0.717) is 24.9 Å². The van der Waals surface area contributed by atoms with Gasteiger partial charge < -0.3 is 43.4 Å². The predicted octanol–water partition coefficient (Wildman–Crippen LogP) is -1.65. The number of nitrogens with two attached hydrogens (primary N) is 3. The van der Waals surface area contributed by atoms with Crippen molar-refractivity contribution < 1.29 is 39.0 Å². The van der Waals surface area contributed by atoms with Crippen LogP contribution in [0.5, 0.6) is 0 Å². The zero-order valence-electron chi connectivity index (χ0n) is 21.6. The maximum atomic E-state index is 13.1. The largest absolute Gasteiger partial charge is 0.481 e. The molecule has 216 valence electrons. The van der Waals surface area contributed by atoms with Crippen molar-refractivity contribution in [1.29, 1.82) is 0 Å². The molecule has 0 bridgehead atoms. The van der Waals surface area contributed by atoms with Crippen LogP contribution in [0, 0.1) is 0 Å². The number of benzene rings is 1. The van der Waals surface area contributed by atoms with E-state index in [0.717, 1.165) is 0 Å². The van der Waals surface area contributed by atoms with Crippen molar-refractivity contribution in [2.75, 3.05) is 6.54 Å². The molecule has 0 fully saturated rings. The minimum Gasteiger partial charge on any atom is -0.481 e. The van der Waals surface area contributed by atoms with Gasteiger partial charge in [0.25, 0.3) is 0 Å². The van der Waals surface area contributed by atoms with E-state index in [2.05, 4.69) is 16.0 Å². The second kappa shape index (κ2) is 17.5. The predicted molar refractivity (Wildman–Crippen MR) is 140 cm³/mol. The van der Waals surface area contributed by atoms with Crippen LogP contribution >= 0.6 is 0 Å². The minimum absolute atomic E-state index is 0.00582. The minimum atomic E-state index is -1.36. The first kappa shape index (κ1) is 33.0. The number of carbonyl (C=O) groups is 6. The van der Waals surface area contributed by atoms with Crippen molar-refractivity contribution in [2.45, 2.75) is 75.5 Å². The molecule has 14 nitrogen and oxygen atoms in total. The topological polar surface area (TPSA) is 257 Å². The molecule has 0 aliphatic heterocycles. The Labute approximate surface area is 226 Å². The van der Waals surface area contributed by atoms with Crippen LogP contribution in [0.25, 0.3) is 0 Å². The molecule has 4 amide bonds. The molecule has 0 aliphatic rings. The second-order valence-corrected chi connectivity index (χ2v) is 9.04. The highest BCUT2D eigenvalue weighted by Gasteiger charge is 2.30. The Morgan fingerprint density at radius 3 is 1.85 bits per heavy atom. The second-order valence-electron chi connectivity index (χ2n) is 9.04. The molecule has 0 heterocycles. The smallest absolute Gasteiger partial charge is 0.326 e. The summed E-state index contributed by atoms with van der Waals surface area (Å²) >= 11 is 0. The van der Waals surface area contributed by atoms with Crippen LogP contribution in [0.1, 0.15) is 50.5 Å². The van der Waals surface area contributed by atoms with Crippen molar-refractivity contribution >= 4 is 35.6 Å². The van der Waals surface area contributed by atoms with Gasteiger partial charge in [-0.3, -0.25) is 24.0 Å². The third-order valence-electron chi connectivity index (χ3n) is 5.80. The van der Waals surface area contributed by atoms with Crippen molar-refractivity contribution in [1.82, 2.24) is 16.0 Å². The van der Waals surface area contributed by atoms with E-state index >= 15 is 0 Å². The SMILES string of the molecule is NCCCCC(NC(=O)C(CCC(=O)O)NC(=O)C(N)CCC(N)=O)C(=O)NC(Cc1ccccc1)C(=O)O. The Morgan fingerprint density at radius 2 is 1.31 bits per heavy atom. The highest BCUT2D eigenvalue weighted by Crippen LogP contribution is 2.08. The average Bonchev–Trinajstić information content (AvgIpc) is 2.88. The van der Waals surface area contributed by atoms with Crippen LogP contribution in [0.3, 0.4) is 0 Å². The third-order valence-corrected chi connectivity index (χ3v) is 5.80. The molecular formula is C25H38N6O8. The number of nitrogens with one attached hydrogen (secondary N) is 3. The van der Waals surface area contributed by atoms with E-state index in [9.17, 15) is 33.9 Å². The number of hydrogen-bond acceptors (Lipinski definition) is 8. The first-order valence-electron chi connectivity index (χ1n) is 12.6. The molecule has 4 atom stereocenters. The van der Waals surface area contributed by atoms with Crippen molar-refractivity contribution in [3.63, 3.8) is 0 Å². The fourth-order valence-electron chi connectivity index (χ4n) is 3.60. The standard InChI is InChI=1S/C25H38N6O8/c26-13-5-4-8-17(23(36)31-19(25(38)39)14-15-6-2-1-3-7-15)30-24(37)18(10-12-21(33)34)29-22(35)16(27)9-11-20(28)32/h1-3,6-7,16-19H,4-5,8-14,26-27H2,(H2,28,32)(H,29,35)(H,30,37)(H,31,36)(H,33,34)(H,38,39). The summed E-state index contributed by atoms with van der Waals surface area (Å²) in [6, 6.07) is 3.65. The van der Waals surface area contributed by atoms with Gasteiger partial charge in [0.2, 0.25) is 23.6 Å². The Morgan fingerprint density at radius 1 is 0.744 bits per heavy atom. The summed E-state index contributed by atoms with van der Waals surface area (Å²) < 4.78 is 0. The summed E-state index contributed by atoms with van der Waals surface area (Å²) in [6.45, 7) is 0.328. The summed E-state index contributed by atoms with van der Waals surface area (Å²) in [7, 11) is 0. The van der Waals surface area contributed by atoms with E-state index in [-0.39, 0.29) is 32.1 Å². The molecule has 4 unspecified atom stereocenters. The van der Waals surface area contributed by atoms with Crippen molar-refractivity contribution in [3.8, 4) is 0 Å². The molecule has 11 N–H and O–H groups in total. The lowest BCUT2D eigenvalue weighted by atomic mass is 10.0. The number of carboxylic acid groups (broad SMARTS) is 2. The summed E-state index contributed by atoms with van der Waals surface area (Å²) in [4.78, 5) is 72.5. The molecule has 0 saturated heterocycles. The Hall–Kier alpha value is -4.04. The molecule has 1 rings (SSSR count). The third kappa shape index (κ3) is 13.4. The van der Waals surface area contributed by atoms with Gasteiger partial charge >= 0.3 is 11.9 Å². The van der Waals surface area contributed by atoms with Crippen molar-refractivity contribution in [2.24, 2.45) is 17.2 Å². The van der Waals surface area contributed by atoms with Crippen LogP contribution in [-0.4, -0.2) is 76.5 Å². The van der Waals surface area contributed by atoms with Gasteiger partial charge in [-0.1, -0.05) is 30.3 Å². The van der Waals surface area contributed by atoms with Crippen LogP contribution in [0.15, 0.2) is 30.3 Å². The van der Waals surface area contributed by atoms with Gasteiger partial charge in [-0.15, -0.1) is 0 Å². The van der Waals surface area contributed by atoms with E-state index in [1.165, 1.54) is 0 Å². The quantitative estimate of drug-likeness (QED) is 0.0910. The lowest BCUT2D eigenvalue weighted by molar-refractivity contribution is -0.142. The normalized spacial score (nSPS) is 13.8. The number of rotatable bonds is 19. The van der Waals surface area contributed by atoms with Crippen LogP contribution in [-0.2, 0) is 35.2 Å². The number of amides is 4. The fraction of sp³-hybridized carbons (Fsp3) is 0.520. The summed E-state index contributed by atoms with van der Waals surface area (Å²) in [5, 5.41) is 26.0. The maximum absolute atomic E-state index is 13.1. The van der Waals surface area contributed by atoms with E-state index in [1.807, 2.05) is 0 Å². The van der Waals surface area contributed by atoms with Gasteiger partial charge in [0, 0.05) is 19.3 Å². The zero-order valence-corrected chi connectivity index (χ0v) is 21.6. The van der Waals surface area contributed by atoms with Crippen LogP contribution in [0.4, 0.5) is 0 Å². The number of unbranched alkanes of at least 4 members (excludes halogenated alkanes) is 1. The fourth-order valence-corrected chi connectivity index (χ4v) is 3.60. The Balaban J connectivity index is 3.02. The van der Waals surface area contributed by atoms with E-state index < -0.39 is 66.2 Å². The van der Waals surface area contributed by atoms with Gasteiger partial charge in [-0.05, 0) is 44.2 Å².